The van der Waals surface area contributed by atoms with Crippen LogP contribution in [0.25, 0.3) is 0 Å². The van der Waals surface area contributed by atoms with Gasteiger partial charge in [0.1, 0.15) is 0 Å². The maximum absolute atomic E-state index is 13.5. The highest BCUT2D eigenvalue weighted by Crippen LogP contribution is 2.23. The SMILES string of the molecule is Cc1ccc(S(=O)(=O)N(CC(=O)N2CCN(Cc3ccccc3)CC2)Cc2ccccc2Cl)cc1. The molecule has 1 saturated heterocycles. The van der Waals surface area contributed by atoms with Gasteiger partial charge in [-0.2, -0.15) is 4.31 Å². The average Bonchev–Trinajstić information content (AvgIpc) is 2.86. The molecule has 0 N–H and O–H groups in total. The van der Waals surface area contributed by atoms with Crippen LogP contribution in [0.2, 0.25) is 5.02 Å². The average molecular weight is 512 g/mol. The minimum absolute atomic E-state index is 0.0234. The fourth-order valence-electron chi connectivity index (χ4n) is 4.15. The first-order chi connectivity index (χ1) is 16.8. The van der Waals surface area contributed by atoms with Gasteiger partial charge in [-0.25, -0.2) is 8.42 Å². The lowest BCUT2D eigenvalue weighted by atomic mass is 10.2. The van der Waals surface area contributed by atoms with Crippen LogP contribution in [-0.2, 0) is 27.9 Å². The number of amides is 1. The summed E-state index contributed by atoms with van der Waals surface area (Å²) >= 11 is 6.33. The molecule has 0 aromatic heterocycles. The lowest BCUT2D eigenvalue weighted by Crippen LogP contribution is -2.51. The number of halogens is 1. The Balaban J connectivity index is 1.47. The normalized spacial score (nSPS) is 14.9. The van der Waals surface area contributed by atoms with Crippen LogP contribution in [0.5, 0.6) is 0 Å². The molecule has 1 aliphatic heterocycles. The molecule has 3 aromatic carbocycles. The van der Waals surface area contributed by atoms with Crippen LogP contribution in [-0.4, -0.2) is 61.2 Å². The van der Waals surface area contributed by atoms with Crippen molar-refractivity contribution in [3.8, 4) is 0 Å². The summed E-state index contributed by atoms with van der Waals surface area (Å²) in [6.07, 6.45) is 0. The van der Waals surface area contributed by atoms with E-state index in [0.29, 0.717) is 23.7 Å². The lowest BCUT2D eigenvalue weighted by Gasteiger charge is -2.35. The number of hydrogen-bond donors (Lipinski definition) is 0. The van der Waals surface area contributed by atoms with Gasteiger partial charge in [0.25, 0.3) is 0 Å². The fraction of sp³-hybridized carbons (Fsp3) is 0.296. The second kappa shape index (κ2) is 11.4. The van der Waals surface area contributed by atoms with Crippen molar-refractivity contribution in [2.24, 2.45) is 0 Å². The number of piperazine rings is 1. The number of aryl methyl sites for hydroxylation is 1. The molecule has 8 heteroatoms. The van der Waals surface area contributed by atoms with Gasteiger partial charge < -0.3 is 4.90 Å². The molecule has 35 heavy (non-hydrogen) atoms. The van der Waals surface area contributed by atoms with E-state index in [1.807, 2.05) is 31.2 Å². The molecule has 0 atom stereocenters. The van der Waals surface area contributed by atoms with Gasteiger partial charge in [0.2, 0.25) is 15.9 Å². The van der Waals surface area contributed by atoms with Gasteiger partial charge in [-0.05, 0) is 36.2 Å². The van der Waals surface area contributed by atoms with E-state index in [1.54, 1.807) is 47.4 Å². The Bertz CT molecular complexity index is 1240. The van der Waals surface area contributed by atoms with Gasteiger partial charge in [-0.1, -0.05) is 77.8 Å². The van der Waals surface area contributed by atoms with Crippen LogP contribution < -0.4 is 0 Å². The minimum Gasteiger partial charge on any atom is -0.339 e. The quantitative estimate of drug-likeness (QED) is 0.455. The zero-order valence-corrected chi connectivity index (χ0v) is 21.4. The zero-order chi connectivity index (χ0) is 24.8. The Morgan fingerprint density at radius 3 is 2.17 bits per heavy atom. The van der Waals surface area contributed by atoms with E-state index in [0.717, 1.165) is 25.2 Å². The van der Waals surface area contributed by atoms with Crippen LogP contribution in [0.15, 0.2) is 83.8 Å². The van der Waals surface area contributed by atoms with Crippen molar-refractivity contribution in [2.75, 3.05) is 32.7 Å². The number of carbonyl (C=O) groups is 1. The molecule has 0 bridgehead atoms. The van der Waals surface area contributed by atoms with E-state index in [9.17, 15) is 13.2 Å². The third kappa shape index (κ3) is 6.49. The molecular weight excluding hydrogens is 482 g/mol. The molecule has 3 aromatic rings. The van der Waals surface area contributed by atoms with Crippen molar-refractivity contribution in [2.45, 2.75) is 24.9 Å². The second-order valence-corrected chi connectivity index (χ2v) is 11.2. The molecule has 1 heterocycles. The van der Waals surface area contributed by atoms with Crippen LogP contribution >= 0.6 is 11.6 Å². The highest BCUT2D eigenvalue weighted by molar-refractivity contribution is 7.89. The van der Waals surface area contributed by atoms with Gasteiger partial charge in [0, 0.05) is 44.3 Å². The topological polar surface area (TPSA) is 60.9 Å². The Kier molecular flexibility index (Phi) is 8.23. The van der Waals surface area contributed by atoms with Gasteiger partial charge in [0.05, 0.1) is 11.4 Å². The smallest absolute Gasteiger partial charge is 0.243 e. The van der Waals surface area contributed by atoms with E-state index in [1.165, 1.54) is 9.87 Å². The Labute approximate surface area is 212 Å². The molecule has 0 aliphatic carbocycles. The lowest BCUT2D eigenvalue weighted by molar-refractivity contribution is -0.133. The summed E-state index contributed by atoms with van der Waals surface area (Å²) in [5, 5.41) is 0.471. The Morgan fingerprint density at radius 2 is 1.51 bits per heavy atom. The van der Waals surface area contributed by atoms with Crippen molar-refractivity contribution >= 4 is 27.5 Å². The molecule has 0 saturated carbocycles. The van der Waals surface area contributed by atoms with Gasteiger partial charge in [-0.15, -0.1) is 0 Å². The highest BCUT2D eigenvalue weighted by atomic mass is 35.5. The summed E-state index contributed by atoms with van der Waals surface area (Å²) in [6, 6.07) is 24.0. The van der Waals surface area contributed by atoms with Crippen molar-refractivity contribution < 1.29 is 13.2 Å². The minimum atomic E-state index is -3.90. The van der Waals surface area contributed by atoms with Crippen molar-refractivity contribution in [1.82, 2.24) is 14.1 Å². The molecular formula is C27H30ClN3O3S. The molecule has 1 fully saturated rings. The van der Waals surface area contributed by atoms with E-state index in [4.69, 9.17) is 11.6 Å². The maximum atomic E-state index is 13.5. The number of sulfonamides is 1. The van der Waals surface area contributed by atoms with Crippen LogP contribution in [0.1, 0.15) is 16.7 Å². The number of benzene rings is 3. The van der Waals surface area contributed by atoms with Gasteiger partial charge in [-0.3, -0.25) is 9.69 Å². The molecule has 0 unspecified atom stereocenters. The monoisotopic (exact) mass is 511 g/mol. The summed E-state index contributed by atoms with van der Waals surface area (Å²) in [5.41, 5.74) is 2.86. The first-order valence-electron chi connectivity index (χ1n) is 11.7. The first kappa shape index (κ1) is 25.4. The molecule has 184 valence electrons. The van der Waals surface area contributed by atoms with Crippen molar-refractivity contribution in [3.63, 3.8) is 0 Å². The number of hydrogen-bond acceptors (Lipinski definition) is 4. The van der Waals surface area contributed by atoms with Crippen LogP contribution in [0, 0.1) is 6.92 Å². The molecule has 1 aliphatic rings. The standard InChI is InChI=1S/C27H30ClN3O3S/c1-22-11-13-25(14-12-22)35(33,34)31(20-24-9-5-6-10-26(24)28)21-27(32)30-17-15-29(16-18-30)19-23-7-3-2-4-8-23/h2-14H,15-21H2,1H3. The van der Waals surface area contributed by atoms with Crippen LogP contribution in [0.4, 0.5) is 0 Å². The third-order valence-electron chi connectivity index (χ3n) is 6.25. The second-order valence-electron chi connectivity index (χ2n) is 8.82. The predicted molar refractivity (Wildman–Crippen MR) is 139 cm³/mol. The molecule has 4 rings (SSSR count). The largest absolute Gasteiger partial charge is 0.339 e. The summed E-state index contributed by atoms with van der Waals surface area (Å²) in [4.78, 5) is 17.5. The highest BCUT2D eigenvalue weighted by Gasteiger charge is 2.30. The van der Waals surface area contributed by atoms with Gasteiger partial charge >= 0.3 is 0 Å². The molecule has 1 amide bonds. The number of carbonyl (C=O) groups excluding carboxylic acids is 1. The fourth-order valence-corrected chi connectivity index (χ4v) is 5.71. The van der Waals surface area contributed by atoms with E-state index >= 15 is 0 Å². The van der Waals surface area contributed by atoms with Crippen molar-refractivity contribution in [3.05, 3.63) is 101 Å². The third-order valence-corrected chi connectivity index (χ3v) is 8.42. The Hall–Kier alpha value is -2.71. The van der Waals surface area contributed by atoms with Crippen LogP contribution in [0.3, 0.4) is 0 Å². The summed E-state index contributed by atoms with van der Waals surface area (Å²) in [6.45, 7) is 5.15. The number of rotatable bonds is 8. The molecule has 0 spiro atoms. The van der Waals surface area contributed by atoms with Crippen molar-refractivity contribution in [1.29, 1.82) is 0 Å². The van der Waals surface area contributed by atoms with E-state index < -0.39 is 10.0 Å². The summed E-state index contributed by atoms with van der Waals surface area (Å²) in [7, 11) is -3.90. The Morgan fingerprint density at radius 1 is 0.886 bits per heavy atom. The summed E-state index contributed by atoms with van der Waals surface area (Å²) < 4.78 is 28.3. The van der Waals surface area contributed by atoms with E-state index in [2.05, 4.69) is 17.0 Å². The number of nitrogens with zero attached hydrogens (tertiary/aromatic N) is 3. The molecule has 0 radical (unpaired) electrons. The molecule has 6 nitrogen and oxygen atoms in total. The predicted octanol–water partition coefficient (Wildman–Crippen LogP) is 4.18. The van der Waals surface area contributed by atoms with Gasteiger partial charge in [0.15, 0.2) is 0 Å². The van der Waals surface area contributed by atoms with E-state index in [-0.39, 0.29) is 23.9 Å². The zero-order valence-electron chi connectivity index (χ0n) is 19.8. The maximum Gasteiger partial charge on any atom is 0.243 e. The summed E-state index contributed by atoms with van der Waals surface area (Å²) in [5.74, 6) is -0.202. The first-order valence-corrected chi connectivity index (χ1v) is 13.5.